The molecule has 0 saturated heterocycles. The predicted molar refractivity (Wildman–Crippen MR) is 302 cm³/mol. The van der Waals surface area contributed by atoms with Gasteiger partial charge in [0.25, 0.3) is 0 Å². The Morgan fingerprint density at radius 3 is 1.17 bits per heavy atom. The number of hydrogen-bond donors (Lipinski definition) is 2. The lowest BCUT2D eigenvalue weighted by Gasteiger charge is -2.19. The van der Waals surface area contributed by atoms with Crippen LogP contribution in [-0.4, -0.2) is 49.3 Å². The van der Waals surface area contributed by atoms with Crippen LogP contribution in [0.5, 0.6) is 0 Å². The van der Waals surface area contributed by atoms with Crippen molar-refractivity contribution in [3.8, 4) is 0 Å². The Balaban J connectivity index is 4.02. The summed E-state index contributed by atoms with van der Waals surface area (Å²) < 4.78 is 33.0. The standard InChI is InChI=1S/C61H108NO8P/c1-3-5-7-9-11-13-15-17-19-21-23-25-27-29-31-33-35-37-39-41-43-45-47-49-51-53-60(63)67-57-59(58-69-71(65,66)68-56-55-62)70-61(64)54-52-50-48-46-44-42-40-38-36-34-32-30-28-26-24-22-20-18-16-14-12-10-8-6-4-2/h6,8,12,14,18,20-21,23-24,26,30,32,36,38,59H,3-5,7,9-11,13,15-17,19,22,25,27-29,31,33-35,37,39-58,62H2,1-2H3,(H,65,66)/b8-6-,14-12-,20-18-,23-21-,26-24-,32-30-,38-36-. The molecule has 0 rings (SSSR count). The summed E-state index contributed by atoms with van der Waals surface area (Å²) in [7, 11) is -4.40. The van der Waals surface area contributed by atoms with Gasteiger partial charge in [0.05, 0.1) is 13.2 Å². The minimum Gasteiger partial charge on any atom is -0.462 e. The Morgan fingerprint density at radius 1 is 0.437 bits per heavy atom. The van der Waals surface area contributed by atoms with E-state index < -0.39 is 26.5 Å². The van der Waals surface area contributed by atoms with E-state index in [0.29, 0.717) is 6.42 Å². The van der Waals surface area contributed by atoms with Crippen molar-refractivity contribution in [3.63, 3.8) is 0 Å². The fraction of sp³-hybridized carbons (Fsp3) is 0.738. The molecule has 0 aromatic carbocycles. The molecule has 0 heterocycles. The third-order valence-corrected chi connectivity index (χ3v) is 13.2. The van der Waals surface area contributed by atoms with Gasteiger partial charge >= 0.3 is 19.8 Å². The molecule has 2 unspecified atom stereocenters. The quantitative estimate of drug-likeness (QED) is 0.0264. The van der Waals surface area contributed by atoms with Gasteiger partial charge < -0.3 is 20.1 Å². The van der Waals surface area contributed by atoms with E-state index in [9.17, 15) is 19.0 Å². The number of allylic oxidation sites excluding steroid dienone is 14. The van der Waals surface area contributed by atoms with E-state index in [1.165, 1.54) is 128 Å². The van der Waals surface area contributed by atoms with E-state index in [1.54, 1.807) is 0 Å². The van der Waals surface area contributed by atoms with Crippen molar-refractivity contribution in [2.24, 2.45) is 5.73 Å². The zero-order valence-electron chi connectivity index (χ0n) is 45.7. The number of hydrogen-bond acceptors (Lipinski definition) is 8. The minimum atomic E-state index is -4.40. The summed E-state index contributed by atoms with van der Waals surface area (Å²) >= 11 is 0. The Hall–Kier alpha value is -2.81. The lowest BCUT2D eigenvalue weighted by molar-refractivity contribution is -0.161. The molecule has 0 spiro atoms. The van der Waals surface area contributed by atoms with E-state index in [-0.39, 0.29) is 38.6 Å². The van der Waals surface area contributed by atoms with Crippen LogP contribution >= 0.6 is 7.82 Å². The van der Waals surface area contributed by atoms with Gasteiger partial charge in [-0.05, 0) is 89.9 Å². The van der Waals surface area contributed by atoms with Gasteiger partial charge in [0.15, 0.2) is 6.10 Å². The van der Waals surface area contributed by atoms with Crippen LogP contribution < -0.4 is 5.73 Å². The van der Waals surface area contributed by atoms with E-state index in [0.717, 1.165) is 96.3 Å². The van der Waals surface area contributed by atoms with E-state index >= 15 is 0 Å². The molecule has 10 heteroatoms. The minimum absolute atomic E-state index is 0.0472. The maximum atomic E-state index is 12.7. The van der Waals surface area contributed by atoms with Gasteiger partial charge in [-0.3, -0.25) is 18.6 Å². The van der Waals surface area contributed by atoms with Crippen LogP contribution in [-0.2, 0) is 32.7 Å². The smallest absolute Gasteiger partial charge is 0.462 e. The third-order valence-electron chi connectivity index (χ3n) is 12.3. The Kier molecular flexibility index (Phi) is 54.2. The first-order valence-electron chi connectivity index (χ1n) is 29.1. The summed E-state index contributed by atoms with van der Waals surface area (Å²) in [5.41, 5.74) is 5.38. The van der Waals surface area contributed by atoms with Gasteiger partial charge in [-0.15, -0.1) is 0 Å². The summed E-state index contributed by atoms with van der Waals surface area (Å²) in [6.07, 6.45) is 73.5. The number of rotatable bonds is 54. The summed E-state index contributed by atoms with van der Waals surface area (Å²) in [4.78, 5) is 35.2. The van der Waals surface area contributed by atoms with Crippen molar-refractivity contribution >= 4 is 19.8 Å². The predicted octanol–water partition coefficient (Wildman–Crippen LogP) is 18.3. The summed E-state index contributed by atoms with van der Waals surface area (Å²) in [6, 6.07) is 0. The van der Waals surface area contributed by atoms with Crippen LogP contribution in [0.4, 0.5) is 0 Å². The van der Waals surface area contributed by atoms with E-state index in [1.807, 2.05) is 0 Å². The fourth-order valence-electron chi connectivity index (χ4n) is 7.99. The maximum absolute atomic E-state index is 12.7. The highest BCUT2D eigenvalue weighted by Gasteiger charge is 2.26. The van der Waals surface area contributed by atoms with Crippen LogP contribution in [0.3, 0.4) is 0 Å². The number of phosphoric ester groups is 1. The molecule has 2 atom stereocenters. The molecule has 71 heavy (non-hydrogen) atoms. The first-order chi connectivity index (χ1) is 34.8. The summed E-state index contributed by atoms with van der Waals surface area (Å²) in [5.74, 6) is -0.843. The largest absolute Gasteiger partial charge is 0.472 e. The van der Waals surface area contributed by atoms with E-state index in [4.69, 9.17) is 24.3 Å². The van der Waals surface area contributed by atoms with Gasteiger partial charge in [-0.1, -0.05) is 240 Å². The molecular formula is C61H108NO8P. The molecule has 0 aliphatic heterocycles. The molecule has 0 saturated carbocycles. The molecule has 410 valence electrons. The summed E-state index contributed by atoms with van der Waals surface area (Å²) in [6.45, 7) is 3.63. The molecule has 0 radical (unpaired) electrons. The molecular weight excluding hydrogens is 906 g/mol. The second-order valence-electron chi connectivity index (χ2n) is 19.1. The van der Waals surface area contributed by atoms with Crippen molar-refractivity contribution < 1.29 is 37.6 Å². The number of unbranched alkanes of at least 4 members (excludes halogenated alkanes) is 27. The molecule has 0 aliphatic carbocycles. The zero-order chi connectivity index (χ0) is 51.7. The van der Waals surface area contributed by atoms with Crippen molar-refractivity contribution in [3.05, 3.63) is 85.1 Å². The highest BCUT2D eigenvalue weighted by atomic mass is 31.2. The monoisotopic (exact) mass is 1010 g/mol. The third kappa shape index (κ3) is 56.3. The van der Waals surface area contributed by atoms with Crippen LogP contribution in [0.15, 0.2) is 85.1 Å². The number of carbonyl (C=O) groups is 2. The van der Waals surface area contributed by atoms with Crippen molar-refractivity contribution in [1.29, 1.82) is 0 Å². The van der Waals surface area contributed by atoms with Crippen LogP contribution in [0.2, 0.25) is 0 Å². The lowest BCUT2D eigenvalue weighted by Crippen LogP contribution is -2.29. The normalized spacial score (nSPS) is 13.7. The first kappa shape index (κ1) is 68.2. The SMILES string of the molecule is CC/C=C\C/C=C\C/C=C\C/C=C\C/C=C\C/C=C\CCCCCCCCC(=O)OC(COC(=O)CCCCCCCCCCCCCCC/C=C\CCCCCCCCCC)COP(=O)(O)OCCN. The van der Waals surface area contributed by atoms with Gasteiger partial charge in [0.2, 0.25) is 0 Å². The Bertz CT molecular complexity index is 1440. The first-order valence-corrected chi connectivity index (χ1v) is 30.6. The maximum Gasteiger partial charge on any atom is 0.472 e. The van der Waals surface area contributed by atoms with Gasteiger partial charge in [0.1, 0.15) is 6.61 Å². The van der Waals surface area contributed by atoms with Crippen LogP contribution in [0.1, 0.15) is 258 Å². The molecule has 0 fully saturated rings. The number of phosphoric acid groups is 1. The zero-order valence-corrected chi connectivity index (χ0v) is 46.6. The van der Waals surface area contributed by atoms with E-state index in [2.05, 4.69) is 98.9 Å². The van der Waals surface area contributed by atoms with Crippen molar-refractivity contribution in [1.82, 2.24) is 0 Å². The summed E-state index contributed by atoms with van der Waals surface area (Å²) in [5, 5.41) is 0. The highest BCUT2D eigenvalue weighted by molar-refractivity contribution is 7.47. The van der Waals surface area contributed by atoms with Crippen LogP contribution in [0, 0.1) is 0 Å². The highest BCUT2D eigenvalue weighted by Crippen LogP contribution is 2.43. The Morgan fingerprint density at radius 2 is 0.775 bits per heavy atom. The van der Waals surface area contributed by atoms with Gasteiger partial charge in [-0.2, -0.15) is 0 Å². The molecule has 0 bridgehead atoms. The Labute approximate surface area is 436 Å². The average molecular weight is 1010 g/mol. The lowest BCUT2D eigenvalue weighted by atomic mass is 10.0. The molecule has 0 amide bonds. The van der Waals surface area contributed by atoms with Crippen LogP contribution in [0.25, 0.3) is 0 Å². The molecule has 0 aliphatic rings. The van der Waals surface area contributed by atoms with Crippen molar-refractivity contribution in [2.45, 2.75) is 264 Å². The molecule has 0 aromatic rings. The van der Waals surface area contributed by atoms with Crippen molar-refractivity contribution in [2.75, 3.05) is 26.4 Å². The number of nitrogens with two attached hydrogens (primary N) is 1. The topological polar surface area (TPSA) is 134 Å². The second-order valence-corrected chi connectivity index (χ2v) is 20.6. The molecule has 0 aromatic heterocycles. The fourth-order valence-corrected chi connectivity index (χ4v) is 8.75. The average Bonchev–Trinajstić information content (AvgIpc) is 3.36. The van der Waals surface area contributed by atoms with Gasteiger partial charge in [0, 0.05) is 19.4 Å². The molecule has 9 nitrogen and oxygen atoms in total. The molecule has 3 N–H and O–H groups in total. The second kappa shape index (κ2) is 56.5. The number of ether oxygens (including phenoxy) is 2. The number of carbonyl (C=O) groups excluding carboxylic acids is 2. The number of esters is 2. The van der Waals surface area contributed by atoms with Gasteiger partial charge in [-0.25, -0.2) is 4.57 Å².